The first kappa shape index (κ1) is 13.5. The molecule has 1 saturated carbocycles. The molecule has 1 fully saturated rings. The van der Waals surface area contributed by atoms with Gasteiger partial charge in [0, 0.05) is 12.1 Å². The molecule has 4 unspecified atom stereocenters. The van der Waals surface area contributed by atoms with Crippen LogP contribution in [0.15, 0.2) is 24.3 Å². The zero-order valence-electron chi connectivity index (χ0n) is 11.6. The fourth-order valence-electron chi connectivity index (χ4n) is 2.90. The predicted octanol–water partition coefficient (Wildman–Crippen LogP) is 4.30. The van der Waals surface area contributed by atoms with Gasteiger partial charge in [0.05, 0.1) is 0 Å². The van der Waals surface area contributed by atoms with Gasteiger partial charge in [-0.05, 0) is 55.7 Å². The Bertz CT molecular complexity index is 373. The molecule has 0 aromatic heterocycles. The molecular weight excluding hydrogens is 225 g/mol. The lowest BCUT2D eigenvalue weighted by atomic mass is 9.79. The van der Waals surface area contributed by atoms with Crippen LogP contribution in [0.25, 0.3) is 0 Å². The molecule has 0 saturated heterocycles. The van der Waals surface area contributed by atoms with E-state index >= 15 is 0 Å². The molecule has 0 aliphatic heterocycles. The van der Waals surface area contributed by atoms with Gasteiger partial charge in [0.1, 0.15) is 5.82 Å². The maximum atomic E-state index is 12.9. The van der Waals surface area contributed by atoms with Gasteiger partial charge in [-0.25, -0.2) is 4.39 Å². The van der Waals surface area contributed by atoms with Gasteiger partial charge in [0.2, 0.25) is 0 Å². The van der Waals surface area contributed by atoms with E-state index in [2.05, 4.69) is 26.1 Å². The Kier molecular flexibility index (Phi) is 4.39. The second-order valence-corrected chi connectivity index (χ2v) is 5.90. The van der Waals surface area contributed by atoms with Gasteiger partial charge < -0.3 is 5.32 Å². The number of benzene rings is 1. The van der Waals surface area contributed by atoms with E-state index in [-0.39, 0.29) is 5.82 Å². The third kappa shape index (κ3) is 3.32. The van der Waals surface area contributed by atoms with Crippen LogP contribution in [-0.2, 0) is 0 Å². The molecule has 1 nitrogen and oxygen atoms in total. The Balaban J connectivity index is 1.91. The summed E-state index contributed by atoms with van der Waals surface area (Å²) in [5.74, 6) is 1.49. The molecule has 100 valence electrons. The van der Waals surface area contributed by atoms with Crippen LogP contribution >= 0.6 is 0 Å². The highest BCUT2D eigenvalue weighted by Gasteiger charge is 2.25. The number of rotatable bonds is 3. The van der Waals surface area contributed by atoms with Gasteiger partial charge in [0.15, 0.2) is 0 Å². The van der Waals surface area contributed by atoms with Crippen LogP contribution in [0, 0.1) is 17.7 Å². The van der Waals surface area contributed by atoms with Crippen molar-refractivity contribution in [1.29, 1.82) is 0 Å². The number of hydrogen-bond acceptors (Lipinski definition) is 1. The Morgan fingerprint density at radius 1 is 1.11 bits per heavy atom. The van der Waals surface area contributed by atoms with Crippen LogP contribution in [0.2, 0.25) is 0 Å². The van der Waals surface area contributed by atoms with Crippen molar-refractivity contribution in [2.24, 2.45) is 11.8 Å². The summed E-state index contributed by atoms with van der Waals surface area (Å²) in [6, 6.07) is 7.74. The Morgan fingerprint density at radius 2 is 1.78 bits per heavy atom. The fraction of sp³-hybridized carbons (Fsp3) is 0.625. The van der Waals surface area contributed by atoms with Gasteiger partial charge in [-0.1, -0.05) is 26.0 Å². The first-order chi connectivity index (χ1) is 8.56. The average molecular weight is 249 g/mol. The van der Waals surface area contributed by atoms with E-state index in [1.165, 1.54) is 24.8 Å². The standard InChI is InChI=1S/C16H24FN/c1-11-4-9-16(10-12(11)2)18-13(3)14-5-7-15(17)8-6-14/h5-8,11-13,16,18H,4,9-10H2,1-3H3. The fourth-order valence-corrected chi connectivity index (χ4v) is 2.90. The number of nitrogens with one attached hydrogen (secondary N) is 1. The van der Waals surface area contributed by atoms with Crippen molar-refractivity contribution in [3.8, 4) is 0 Å². The molecule has 1 N–H and O–H groups in total. The van der Waals surface area contributed by atoms with Gasteiger partial charge in [-0.2, -0.15) is 0 Å². The molecule has 0 bridgehead atoms. The number of hydrogen-bond donors (Lipinski definition) is 1. The maximum absolute atomic E-state index is 12.9. The lowest BCUT2D eigenvalue weighted by molar-refractivity contribution is 0.217. The molecular formula is C16H24FN. The Labute approximate surface area is 110 Å². The van der Waals surface area contributed by atoms with E-state index in [4.69, 9.17) is 0 Å². The summed E-state index contributed by atoms with van der Waals surface area (Å²) >= 11 is 0. The summed E-state index contributed by atoms with van der Waals surface area (Å²) in [4.78, 5) is 0. The van der Waals surface area contributed by atoms with E-state index in [1.54, 1.807) is 12.1 Å². The Morgan fingerprint density at radius 3 is 2.39 bits per heavy atom. The monoisotopic (exact) mass is 249 g/mol. The summed E-state index contributed by atoms with van der Waals surface area (Å²) in [5.41, 5.74) is 1.17. The van der Waals surface area contributed by atoms with Crippen molar-refractivity contribution in [2.45, 2.75) is 52.1 Å². The second-order valence-electron chi connectivity index (χ2n) is 5.90. The van der Waals surface area contributed by atoms with Crippen molar-refractivity contribution in [3.63, 3.8) is 0 Å². The normalized spacial score (nSPS) is 30.1. The van der Waals surface area contributed by atoms with Crippen LogP contribution in [-0.4, -0.2) is 6.04 Å². The summed E-state index contributed by atoms with van der Waals surface area (Å²) in [6.45, 7) is 6.86. The lowest BCUT2D eigenvalue weighted by Gasteiger charge is -2.34. The highest BCUT2D eigenvalue weighted by molar-refractivity contribution is 5.19. The molecule has 1 aromatic rings. The quantitative estimate of drug-likeness (QED) is 0.842. The summed E-state index contributed by atoms with van der Waals surface area (Å²) in [5, 5.41) is 3.68. The SMILES string of the molecule is CC(NC1CCC(C)C(C)C1)c1ccc(F)cc1. The van der Waals surface area contributed by atoms with Crippen LogP contribution in [0.4, 0.5) is 4.39 Å². The van der Waals surface area contributed by atoms with E-state index < -0.39 is 0 Å². The minimum absolute atomic E-state index is 0.161. The van der Waals surface area contributed by atoms with Crippen molar-refractivity contribution in [1.82, 2.24) is 5.32 Å². The lowest BCUT2D eigenvalue weighted by Crippen LogP contribution is -2.37. The molecule has 0 amide bonds. The molecule has 0 radical (unpaired) electrons. The maximum Gasteiger partial charge on any atom is 0.123 e. The van der Waals surface area contributed by atoms with Crippen LogP contribution < -0.4 is 5.32 Å². The third-order valence-corrected chi connectivity index (χ3v) is 4.45. The van der Waals surface area contributed by atoms with E-state index in [1.807, 2.05) is 12.1 Å². The van der Waals surface area contributed by atoms with E-state index in [0.29, 0.717) is 12.1 Å². The Hall–Kier alpha value is -0.890. The second kappa shape index (κ2) is 5.83. The highest BCUT2D eigenvalue weighted by Crippen LogP contribution is 2.30. The van der Waals surface area contributed by atoms with E-state index in [9.17, 15) is 4.39 Å². The number of halogens is 1. The zero-order chi connectivity index (χ0) is 13.1. The van der Waals surface area contributed by atoms with Gasteiger partial charge in [-0.3, -0.25) is 0 Å². The van der Waals surface area contributed by atoms with Crippen LogP contribution in [0.5, 0.6) is 0 Å². The molecule has 2 heteroatoms. The van der Waals surface area contributed by atoms with Crippen molar-refractivity contribution >= 4 is 0 Å². The van der Waals surface area contributed by atoms with Crippen molar-refractivity contribution in [3.05, 3.63) is 35.6 Å². The molecule has 1 aromatic carbocycles. The summed E-state index contributed by atoms with van der Waals surface area (Å²) in [6.07, 6.45) is 3.83. The average Bonchev–Trinajstić information content (AvgIpc) is 2.34. The zero-order valence-corrected chi connectivity index (χ0v) is 11.6. The van der Waals surface area contributed by atoms with E-state index in [0.717, 1.165) is 11.8 Å². The minimum Gasteiger partial charge on any atom is -0.307 e. The van der Waals surface area contributed by atoms with Crippen molar-refractivity contribution < 1.29 is 4.39 Å². The smallest absolute Gasteiger partial charge is 0.123 e. The minimum atomic E-state index is -0.161. The summed E-state index contributed by atoms with van der Waals surface area (Å²) in [7, 11) is 0. The molecule has 0 spiro atoms. The van der Waals surface area contributed by atoms with Crippen LogP contribution in [0.3, 0.4) is 0 Å². The topological polar surface area (TPSA) is 12.0 Å². The van der Waals surface area contributed by atoms with Gasteiger partial charge >= 0.3 is 0 Å². The first-order valence-electron chi connectivity index (χ1n) is 7.07. The predicted molar refractivity (Wildman–Crippen MR) is 73.9 cm³/mol. The molecule has 2 rings (SSSR count). The molecule has 1 aliphatic carbocycles. The molecule has 1 aliphatic rings. The molecule has 0 heterocycles. The highest BCUT2D eigenvalue weighted by atomic mass is 19.1. The van der Waals surface area contributed by atoms with Crippen LogP contribution in [0.1, 0.15) is 51.6 Å². The molecule has 18 heavy (non-hydrogen) atoms. The van der Waals surface area contributed by atoms with Gasteiger partial charge in [0.25, 0.3) is 0 Å². The summed E-state index contributed by atoms with van der Waals surface area (Å²) < 4.78 is 12.9. The van der Waals surface area contributed by atoms with Crippen molar-refractivity contribution in [2.75, 3.05) is 0 Å². The van der Waals surface area contributed by atoms with Gasteiger partial charge in [-0.15, -0.1) is 0 Å². The largest absolute Gasteiger partial charge is 0.307 e. The molecule has 4 atom stereocenters. The third-order valence-electron chi connectivity index (χ3n) is 4.45. The first-order valence-corrected chi connectivity index (χ1v) is 7.07.